The summed E-state index contributed by atoms with van der Waals surface area (Å²) in [6.45, 7) is 22.1. The molecule has 0 radical (unpaired) electrons. The van der Waals surface area contributed by atoms with Crippen molar-refractivity contribution in [3.05, 3.63) is 61.1 Å². The van der Waals surface area contributed by atoms with Crippen LogP contribution in [0.1, 0.15) is 104 Å². The number of nitrogens with two attached hydrogens (primary N) is 1. The number of aryl methyl sites for hydroxylation is 2. The van der Waals surface area contributed by atoms with Crippen LogP contribution in [0.25, 0.3) is 0 Å². The van der Waals surface area contributed by atoms with Crippen molar-refractivity contribution in [2.45, 2.75) is 106 Å². The van der Waals surface area contributed by atoms with Crippen molar-refractivity contribution in [2.24, 2.45) is 17.6 Å². The number of terminal acetylenes is 2. The quantitative estimate of drug-likeness (QED) is 0.237. The van der Waals surface area contributed by atoms with Crippen molar-refractivity contribution >= 4 is 0 Å². The second-order valence-electron chi connectivity index (χ2n) is 7.57. The zero-order chi connectivity index (χ0) is 27.8. The van der Waals surface area contributed by atoms with Crippen LogP contribution >= 0.6 is 0 Å². The first kappa shape index (κ1) is 41.8. The largest absolute Gasteiger partial charge is 0.405 e. The summed E-state index contributed by atoms with van der Waals surface area (Å²) in [5, 5.41) is 0. The third-order valence-corrected chi connectivity index (χ3v) is 5.09. The maximum absolute atomic E-state index is 13.5. The Morgan fingerprint density at radius 2 is 1.38 bits per heavy atom. The molecule has 2 N–H and O–H groups in total. The zero-order valence-electron chi connectivity index (χ0n) is 23.4. The Bertz CT molecular complexity index is 532. The molecular formula is C32H56FN. The Hall–Kier alpha value is -2.45. The molecule has 0 saturated heterocycles. The van der Waals surface area contributed by atoms with E-state index in [0.717, 1.165) is 29.4 Å². The molecule has 1 rings (SSSR count). The normalized spacial score (nSPS) is 10.2. The highest BCUT2D eigenvalue weighted by molar-refractivity contribution is 5.23. The molecule has 1 aromatic rings. The third-order valence-electron chi connectivity index (χ3n) is 5.09. The third kappa shape index (κ3) is 29.5. The smallest absolute Gasteiger partial charge is 0.123 e. The molecular weight excluding hydrogens is 417 g/mol. The first-order valence-electron chi connectivity index (χ1n) is 12.8. The van der Waals surface area contributed by atoms with Crippen LogP contribution in [0.2, 0.25) is 0 Å². The fourth-order valence-corrected chi connectivity index (χ4v) is 3.79. The SMILES string of the molecule is C#C.C#C.C=C.C=CN.CC.CCCCC(CCC)CC(CC)CCCc1cc(C)cc(F)c1. The van der Waals surface area contributed by atoms with Crippen LogP contribution in [0.3, 0.4) is 0 Å². The van der Waals surface area contributed by atoms with Crippen LogP contribution in [-0.2, 0) is 6.42 Å². The Kier molecular flexibility index (Phi) is 46.5. The molecule has 196 valence electrons. The van der Waals surface area contributed by atoms with E-state index in [2.05, 4.69) is 78.0 Å². The first-order chi connectivity index (χ1) is 16.5. The minimum atomic E-state index is -0.0883. The zero-order valence-corrected chi connectivity index (χ0v) is 23.4. The van der Waals surface area contributed by atoms with Crippen LogP contribution < -0.4 is 5.73 Å². The highest BCUT2D eigenvalue weighted by Gasteiger charge is 2.14. The molecule has 0 spiro atoms. The second kappa shape index (κ2) is 37.8. The molecule has 0 aliphatic rings. The lowest BCUT2D eigenvalue weighted by molar-refractivity contribution is 0.303. The van der Waals surface area contributed by atoms with Gasteiger partial charge in [0, 0.05) is 0 Å². The molecule has 2 atom stereocenters. The van der Waals surface area contributed by atoms with E-state index in [4.69, 9.17) is 0 Å². The standard InChI is InChI=1S/C22H37F.C2H5N.C2H6.C2H4.2C2H2/c1-5-8-11-20(10-6-2)16-19(7-3)12-9-13-21-14-18(4)15-22(23)17-21;1-2-3;4*1-2/h14-15,17,19-20H,5-13,16H2,1-4H3;2H,1,3H2;1-2H3;1-2H2;2*1-2H. The van der Waals surface area contributed by atoms with Crippen molar-refractivity contribution in [1.82, 2.24) is 0 Å². The van der Waals surface area contributed by atoms with Crippen molar-refractivity contribution < 1.29 is 4.39 Å². The fourth-order valence-electron chi connectivity index (χ4n) is 3.79. The summed E-state index contributed by atoms with van der Waals surface area (Å²) in [5.74, 6) is 1.67. The van der Waals surface area contributed by atoms with E-state index in [0.29, 0.717) is 0 Å². The molecule has 2 unspecified atom stereocenters. The van der Waals surface area contributed by atoms with E-state index in [-0.39, 0.29) is 5.82 Å². The van der Waals surface area contributed by atoms with Crippen molar-refractivity contribution in [2.75, 3.05) is 0 Å². The summed E-state index contributed by atoms with van der Waals surface area (Å²) < 4.78 is 13.5. The Morgan fingerprint density at radius 1 is 0.882 bits per heavy atom. The predicted octanol–water partition coefficient (Wildman–Crippen LogP) is 9.90. The lowest BCUT2D eigenvalue weighted by Gasteiger charge is -2.22. The number of halogens is 1. The van der Waals surface area contributed by atoms with Gasteiger partial charge in [0.05, 0.1) is 0 Å². The van der Waals surface area contributed by atoms with Gasteiger partial charge in [0.15, 0.2) is 0 Å². The van der Waals surface area contributed by atoms with Gasteiger partial charge in [-0.2, -0.15) is 0 Å². The maximum atomic E-state index is 13.5. The van der Waals surface area contributed by atoms with E-state index in [9.17, 15) is 4.39 Å². The van der Waals surface area contributed by atoms with Crippen molar-refractivity contribution in [3.63, 3.8) is 0 Å². The number of hydrogen-bond donors (Lipinski definition) is 1. The van der Waals surface area contributed by atoms with Crippen LogP contribution in [0, 0.1) is 50.3 Å². The van der Waals surface area contributed by atoms with E-state index in [1.807, 2.05) is 20.8 Å². The highest BCUT2D eigenvalue weighted by atomic mass is 19.1. The van der Waals surface area contributed by atoms with Crippen molar-refractivity contribution in [1.29, 1.82) is 0 Å². The Balaban J connectivity index is -0.000000220. The lowest BCUT2D eigenvalue weighted by atomic mass is 9.83. The van der Waals surface area contributed by atoms with E-state index < -0.39 is 0 Å². The average Bonchev–Trinajstić information content (AvgIpc) is 2.86. The molecule has 0 heterocycles. The second-order valence-corrected chi connectivity index (χ2v) is 7.57. The summed E-state index contributed by atoms with van der Waals surface area (Å²) in [6.07, 6.45) is 30.2. The summed E-state index contributed by atoms with van der Waals surface area (Å²) >= 11 is 0. The predicted molar refractivity (Wildman–Crippen MR) is 157 cm³/mol. The molecule has 0 bridgehead atoms. The van der Waals surface area contributed by atoms with E-state index in [1.165, 1.54) is 64.0 Å². The van der Waals surface area contributed by atoms with Gasteiger partial charge in [-0.1, -0.05) is 92.2 Å². The monoisotopic (exact) mass is 473 g/mol. The van der Waals surface area contributed by atoms with Crippen molar-refractivity contribution in [3.8, 4) is 25.7 Å². The molecule has 0 aliphatic heterocycles. The fraction of sp³-hybridized carbons (Fsp3) is 0.562. The molecule has 34 heavy (non-hydrogen) atoms. The van der Waals surface area contributed by atoms with Gasteiger partial charge in [-0.05, 0) is 67.5 Å². The van der Waals surface area contributed by atoms with E-state index >= 15 is 0 Å². The molecule has 1 aromatic carbocycles. The molecule has 0 amide bonds. The van der Waals surface area contributed by atoms with Gasteiger partial charge >= 0.3 is 0 Å². The molecule has 0 aliphatic carbocycles. The van der Waals surface area contributed by atoms with Gasteiger partial charge in [-0.15, -0.1) is 38.9 Å². The summed E-state index contributed by atoms with van der Waals surface area (Å²) in [6, 6.07) is 5.45. The maximum Gasteiger partial charge on any atom is 0.123 e. The van der Waals surface area contributed by atoms with Crippen LogP contribution in [0.4, 0.5) is 4.39 Å². The van der Waals surface area contributed by atoms with Gasteiger partial charge in [-0.25, -0.2) is 4.39 Å². The summed E-state index contributed by atoms with van der Waals surface area (Å²) in [7, 11) is 0. The molecule has 0 fully saturated rings. The van der Waals surface area contributed by atoms with Gasteiger partial charge in [0.1, 0.15) is 5.82 Å². The molecule has 0 saturated carbocycles. The molecule has 2 heteroatoms. The van der Waals surface area contributed by atoms with Crippen LogP contribution in [-0.4, -0.2) is 0 Å². The first-order valence-corrected chi connectivity index (χ1v) is 12.8. The minimum Gasteiger partial charge on any atom is -0.405 e. The van der Waals surface area contributed by atoms with Gasteiger partial charge in [0.2, 0.25) is 0 Å². The summed E-state index contributed by atoms with van der Waals surface area (Å²) in [4.78, 5) is 0. The topological polar surface area (TPSA) is 26.0 Å². The summed E-state index contributed by atoms with van der Waals surface area (Å²) in [5.41, 5.74) is 6.81. The van der Waals surface area contributed by atoms with E-state index in [1.54, 1.807) is 12.1 Å². The minimum absolute atomic E-state index is 0.0883. The number of benzene rings is 1. The molecule has 1 nitrogen and oxygen atoms in total. The number of unbranched alkanes of at least 4 members (excludes halogenated alkanes) is 1. The van der Waals surface area contributed by atoms with Crippen LogP contribution in [0.5, 0.6) is 0 Å². The van der Waals surface area contributed by atoms with Gasteiger partial charge < -0.3 is 5.73 Å². The number of hydrogen-bond acceptors (Lipinski definition) is 1. The van der Waals surface area contributed by atoms with Gasteiger partial charge in [0.25, 0.3) is 0 Å². The van der Waals surface area contributed by atoms with Crippen LogP contribution in [0.15, 0.2) is 44.1 Å². The number of rotatable bonds is 12. The molecule has 0 aromatic heterocycles. The van der Waals surface area contributed by atoms with Gasteiger partial charge in [-0.3, -0.25) is 0 Å². The average molecular weight is 474 g/mol. The Morgan fingerprint density at radius 3 is 1.79 bits per heavy atom. The highest BCUT2D eigenvalue weighted by Crippen LogP contribution is 2.28. The lowest BCUT2D eigenvalue weighted by Crippen LogP contribution is -2.09. The Labute approximate surface area is 214 Å².